The van der Waals surface area contributed by atoms with Gasteiger partial charge in [0.05, 0.1) is 6.10 Å². The van der Waals surface area contributed by atoms with E-state index in [0.29, 0.717) is 12.5 Å². The molecule has 7 rings (SSSR count). The fourth-order valence-electron chi connectivity index (χ4n) is 7.11. The molecule has 1 spiro atoms. The van der Waals surface area contributed by atoms with Crippen molar-refractivity contribution < 1.29 is 23.7 Å². The Hall–Kier alpha value is -1.17. The van der Waals surface area contributed by atoms with E-state index in [1.165, 1.54) is 11.1 Å². The lowest BCUT2D eigenvalue weighted by Crippen LogP contribution is -2.75. The molecule has 4 aliphatic heterocycles. The summed E-state index contributed by atoms with van der Waals surface area (Å²) in [6, 6.07) is 0. The first kappa shape index (κ1) is 15.8. The number of esters is 1. The molecule has 1 unspecified atom stereocenters. The highest BCUT2D eigenvalue weighted by atomic mass is 16.7. The van der Waals surface area contributed by atoms with Crippen LogP contribution in [0.2, 0.25) is 0 Å². The summed E-state index contributed by atoms with van der Waals surface area (Å²) in [6.45, 7) is 7.23. The Balaban J connectivity index is 1.50. The Kier molecular flexibility index (Phi) is 2.71. The van der Waals surface area contributed by atoms with E-state index in [-0.39, 0.29) is 46.8 Å². The first-order valence-electron chi connectivity index (χ1n) is 9.89. The Morgan fingerprint density at radius 2 is 2.08 bits per heavy atom. The maximum absolute atomic E-state index is 12.1. The lowest BCUT2D eigenvalue weighted by atomic mass is 9.46. The van der Waals surface area contributed by atoms with Gasteiger partial charge in [0.25, 0.3) is 0 Å². The minimum atomic E-state index is -0.358. The molecule has 5 heteroatoms. The Morgan fingerprint density at radius 1 is 1.31 bits per heavy atom. The van der Waals surface area contributed by atoms with E-state index in [4.69, 9.17) is 18.9 Å². The van der Waals surface area contributed by atoms with Gasteiger partial charge >= 0.3 is 5.97 Å². The molecule has 4 heterocycles. The van der Waals surface area contributed by atoms with Crippen molar-refractivity contribution in [3.8, 4) is 0 Å². The fourth-order valence-corrected chi connectivity index (χ4v) is 7.11. The third-order valence-corrected chi connectivity index (χ3v) is 8.27. The quantitative estimate of drug-likeness (QED) is 0.431. The first-order valence-corrected chi connectivity index (χ1v) is 9.89. The number of carbonyl (C=O) groups excluding carboxylic acids is 1. The highest BCUT2D eigenvalue weighted by Crippen LogP contribution is 2.71. The summed E-state index contributed by atoms with van der Waals surface area (Å²) in [5.41, 5.74) is 2.85. The highest BCUT2D eigenvalue weighted by Gasteiger charge is 2.79. The molecule has 7 aliphatic rings. The molecule has 0 aromatic carbocycles. The molecule has 0 radical (unpaired) electrons. The van der Waals surface area contributed by atoms with Crippen LogP contribution in [0, 0.1) is 17.3 Å². The SMILES string of the molecule is CO[C@@H]1[C@@]2(C(C)C)O[C@H]2C=C2[C@@]13CC(O3)[C@H]1C3=C(CC[C@]21C)C(=O)OC3. The second-order valence-electron chi connectivity index (χ2n) is 9.47. The monoisotopic (exact) mass is 358 g/mol. The minimum Gasteiger partial charge on any atom is -0.458 e. The first-order chi connectivity index (χ1) is 12.4. The maximum atomic E-state index is 12.1. The zero-order valence-corrected chi connectivity index (χ0v) is 15.8. The zero-order chi connectivity index (χ0) is 18.1. The van der Waals surface area contributed by atoms with Gasteiger partial charge in [0.1, 0.15) is 30.0 Å². The van der Waals surface area contributed by atoms with Gasteiger partial charge in [-0.3, -0.25) is 0 Å². The molecule has 2 bridgehead atoms. The van der Waals surface area contributed by atoms with Crippen LogP contribution >= 0.6 is 0 Å². The maximum Gasteiger partial charge on any atom is 0.334 e. The van der Waals surface area contributed by atoms with Gasteiger partial charge in [-0.1, -0.05) is 26.8 Å². The lowest BCUT2D eigenvalue weighted by Gasteiger charge is -2.68. The number of hydrogen-bond donors (Lipinski definition) is 0. The molecular weight excluding hydrogens is 332 g/mol. The van der Waals surface area contributed by atoms with Gasteiger partial charge in [0, 0.05) is 30.4 Å². The van der Waals surface area contributed by atoms with Crippen molar-refractivity contribution in [2.45, 2.75) is 69.5 Å². The normalized spacial score (nSPS) is 53.1. The second kappa shape index (κ2) is 4.45. The van der Waals surface area contributed by atoms with Crippen molar-refractivity contribution in [3.05, 3.63) is 22.8 Å². The molecule has 0 aromatic heterocycles. The number of ether oxygens (including phenoxy) is 4. The molecule has 0 N–H and O–H groups in total. The molecule has 3 saturated heterocycles. The van der Waals surface area contributed by atoms with Crippen molar-refractivity contribution in [2.24, 2.45) is 17.3 Å². The third-order valence-electron chi connectivity index (χ3n) is 8.27. The molecule has 7 atom stereocenters. The zero-order valence-electron chi connectivity index (χ0n) is 15.8. The van der Waals surface area contributed by atoms with Crippen LogP contribution < -0.4 is 0 Å². The Bertz CT molecular complexity index is 788. The molecule has 0 amide bonds. The van der Waals surface area contributed by atoms with E-state index in [2.05, 4.69) is 26.8 Å². The summed E-state index contributed by atoms with van der Waals surface area (Å²) in [7, 11) is 1.79. The van der Waals surface area contributed by atoms with Crippen molar-refractivity contribution in [1.29, 1.82) is 0 Å². The van der Waals surface area contributed by atoms with Gasteiger partial charge in [0.2, 0.25) is 0 Å². The summed E-state index contributed by atoms with van der Waals surface area (Å²) < 4.78 is 24.4. The molecule has 5 nitrogen and oxygen atoms in total. The van der Waals surface area contributed by atoms with Crippen LogP contribution in [0.25, 0.3) is 0 Å². The molecule has 140 valence electrons. The predicted molar refractivity (Wildman–Crippen MR) is 92.4 cm³/mol. The number of cyclic esters (lactones) is 1. The number of epoxide rings is 1. The summed E-state index contributed by atoms with van der Waals surface area (Å²) >= 11 is 0. The molecule has 3 aliphatic carbocycles. The van der Waals surface area contributed by atoms with Crippen LogP contribution in [-0.4, -0.2) is 49.2 Å². The fraction of sp³-hybridized carbons (Fsp3) is 0.762. The summed E-state index contributed by atoms with van der Waals surface area (Å²) in [6.07, 6.45) is 5.27. The van der Waals surface area contributed by atoms with Crippen molar-refractivity contribution >= 4 is 5.97 Å². The average Bonchev–Trinajstić information content (AvgIpc) is 3.20. The Labute approximate surface area is 153 Å². The van der Waals surface area contributed by atoms with Crippen LogP contribution in [0.15, 0.2) is 22.8 Å². The molecule has 26 heavy (non-hydrogen) atoms. The lowest BCUT2D eigenvalue weighted by molar-refractivity contribution is -0.301. The number of methoxy groups -OCH3 is 1. The second-order valence-corrected chi connectivity index (χ2v) is 9.47. The van der Waals surface area contributed by atoms with Crippen LogP contribution in [0.1, 0.15) is 40.0 Å². The average molecular weight is 358 g/mol. The van der Waals surface area contributed by atoms with Crippen LogP contribution in [0.5, 0.6) is 0 Å². The van der Waals surface area contributed by atoms with Gasteiger partial charge in [-0.15, -0.1) is 0 Å². The van der Waals surface area contributed by atoms with Gasteiger partial charge in [0.15, 0.2) is 0 Å². The van der Waals surface area contributed by atoms with Gasteiger partial charge in [-0.05, 0) is 29.9 Å². The standard InChI is InChI=1S/C21H26O5/c1-10(2)21-15(26-21)7-14-19(3)6-5-11-12(9-24-17(11)22)16(19)13-8-20(14,25-13)18(21)23-4/h7,10,13,15-16,18H,5-6,8-9H2,1-4H3/t13?,15-,16+,18-,19+,20-,21-/m0/s1. The minimum absolute atomic E-state index is 0.000149. The number of hydrogen-bond acceptors (Lipinski definition) is 5. The molecule has 0 aromatic rings. The topological polar surface area (TPSA) is 57.3 Å². The van der Waals surface area contributed by atoms with Crippen molar-refractivity contribution in [1.82, 2.24) is 0 Å². The molecule has 1 saturated carbocycles. The largest absolute Gasteiger partial charge is 0.458 e. The molecule has 4 fully saturated rings. The molecular formula is C21H26O5. The number of fused-ring (bicyclic) bond motifs is 1. The third kappa shape index (κ3) is 1.44. The smallest absolute Gasteiger partial charge is 0.334 e. The van der Waals surface area contributed by atoms with Crippen LogP contribution in [0.3, 0.4) is 0 Å². The Morgan fingerprint density at radius 3 is 2.77 bits per heavy atom. The van der Waals surface area contributed by atoms with Gasteiger partial charge in [-0.25, -0.2) is 4.79 Å². The van der Waals surface area contributed by atoms with Crippen LogP contribution in [-0.2, 0) is 23.7 Å². The van der Waals surface area contributed by atoms with E-state index in [0.717, 1.165) is 24.8 Å². The van der Waals surface area contributed by atoms with E-state index < -0.39 is 0 Å². The number of carbonyl (C=O) groups is 1. The number of rotatable bonds is 2. The van der Waals surface area contributed by atoms with E-state index >= 15 is 0 Å². The summed E-state index contributed by atoms with van der Waals surface area (Å²) in [4.78, 5) is 12.1. The van der Waals surface area contributed by atoms with Crippen molar-refractivity contribution in [3.63, 3.8) is 0 Å². The van der Waals surface area contributed by atoms with E-state index in [1.54, 1.807) is 7.11 Å². The summed E-state index contributed by atoms with van der Waals surface area (Å²) in [5.74, 6) is 0.503. The van der Waals surface area contributed by atoms with Crippen LogP contribution in [0.4, 0.5) is 0 Å². The van der Waals surface area contributed by atoms with E-state index in [1.807, 2.05) is 0 Å². The highest BCUT2D eigenvalue weighted by molar-refractivity contribution is 5.92. The van der Waals surface area contributed by atoms with Crippen molar-refractivity contribution in [2.75, 3.05) is 13.7 Å². The summed E-state index contributed by atoms with van der Waals surface area (Å²) in [5, 5.41) is 0. The van der Waals surface area contributed by atoms with Gasteiger partial charge in [-0.2, -0.15) is 0 Å². The van der Waals surface area contributed by atoms with Gasteiger partial charge < -0.3 is 18.9 Å². The van der Waals surface area contributed by atoms with E-state index in [9.17, 15) is 4.79 Å². The predicted octanol–water partition coefficient (Wildman–Crippen LogP) is 2.55.